The first-order valence-corrected chi connectivity index (χ1v) is 4.86. The zero-order chi connectivity index (χ0) is 10.9. The Bertz CT molecular complexity index is 232. The maximum atomic E-state index is 6.20. The van der Waals surface area contributed by atoms with Crippen molar-refractivity contribution >= 4 is 24.8 Å². The summed E-state index contributed by atoms with van der Waals surface area (Å²) < 4.78 is 0. The molecule has 0 radical (unpaired) electrons. The molecule has 0 saturated heterocycles. The largest absolute Gasteiger partial charge is 0.330 e. The average Bonchev–Trinajstić information content (AvgIpc) is 2.21. The standard InChI is InChI=1S/C12H20N2.2ClH/c1-3-5-8-12(14,9-6-4-2)10-7-11-13;;/h5-6H,1-2,7-11,13-14H2;2*1H. The van der Waals surface area contributed by atoms with Gasteiger partial charge in [-0.2, -0.15) is 0 Å². The van der Waals surface area contributed by atoms with E-state index in [-0.39, 0.29) is 30.4 Å². The Labute approximate surface area is 111 Å². The van der Waals surface area contributed by atoms with Gasteiger partial charge in [-0.15, -0.1) is 36.3 Å². The molecule has 0 aliphatic rings. The van der Waals surface area contributed by atoms with Gasteiger partial charge >= 0.3 is 0 Å². The van der Waals surface area contributed by atoms with Crippen LogP contribution in [0.2, 0.25) is 0 Å². The lowest BCUT2D eigenvalue weighted by Gasteiger charge is -2.26. The molecule has 4 N–H and O–H groups in total. The van der Waals surface area contributed by atoms with Crippen molar-refractivity contribution in [2.45, 2.75) is 31.2 Å². The van der Waals surface area contributed by atoms with Gasteiger partial charge in [0.2, 0.25) is 0 Å². The van der Waals surface area contributed by atoms with Gasteiger partial charge in [0.05, 0.1) is 0 Å². The molecule has 0 amide bonds. The van der Waals surface area contributed by atoms with Gasteiger partial charge in [0.25, 0.3) is 0 Å². The third-order valence-corrected chi connectivity index (χ3v) is 2.18. The number of nitrogens with two attached hydrogens (primary N) is 2. The van der Waals surface area contributed by atoms with Crippen molar-refractivity contribution in [1.29, 1.82) is 0 Å². The molecule has 0 aliphatic carbocycles. The van der Waals surface area contributed by atoms with E-state index in [2.05, 4.69) is 24.6 Å². The van der Waals surface area contributed by atoms with Crippen LogP contribution in [0.4, 0.5) is 0 Å². The number of hydrogen-bond donors (Lipinski definition) is 2. The first kappa shape index (κ1) is 20.9. The topological polar surface area (TPSA) is 52.0 Å². The van der Waals surface area contributed by atoms with Crippen molar-refractivity contribution in [2.24, 2.45) is 11.5 Å². The van der Waals surface area contributed by atoms with Gasteiger partial charge < -0.3 is 11.5 Å². The Balaban J connectivity index is -0.000000845. The molecular formula is C12H22Cl2N2. The molecule has 0 aromatic rings. The van der Waals surface area contributed by atoms with Crippen LogP contribution in [0.15, 0.2) is 36.8 Å². The van der Waals surface area contributed by atoms with Crippen molar-refractivity contribution in [3.05, 3.63) is 36.8 Å². The zero-order valence-corrected chi connectivity index (χ0v) is 11.2. The van der Waals surface area contributed by atoms with Crippen molar-refractivity contribution in [3.8, 4) is 0 Å². The maximum Gasteiger partial charge on any atom is 0.0236 e. The minimum absolute atomic E-state index is 0. The van der Waals surface area contributed by atoms with Crippen LogP contribution in [-0.2, 0) is 0 Å². The highest BCUT2D eigenvalue weighted by Crippen LogP contribution is 2.19. The molecule has 0 atom stereocenters. The number of rotatable bonds is 7. The summed E-state index contributed by atoms with van der Waals surface area (Å²) in [5.74, 6) is 0. The van der Waals surface area contributed by atoms with Gasteiger partial charge in [0.15, 0.2) is 0 Å². The summed E-state index contributed by atoms with van der Waals surface area (Å²) in [6.45, 7) is 7.73. The van der Waals surface area contributed by atoms with Crippen molar-refractivity contribution in [3.63, 3.8) is 0 Å². The summed E-state index contributed by atoms with van der Waals surface area (Å²) in [5.41, 5.74) is 16.9. The van der Waals surface area contributed by atoms with Crippen LogP contribution in [0.25, 0.3) is 0 Å². The van der Waals surface area contributed by atoms with Crippen LogP contribution in [0.3, 0.4) is 0 Å². The molecule has 0 spiro atoms. The highest BCUT2D eigenvalue weighted by molar-refractivity contribution is 5.85. The highest BCUT2D eigenvalue weighted by atomic mass is 35.5. The second kappa shape index (κ2) is 12.6. The van der Waals surface area contributed by atoms with E-state index in [1.807, 2.05) is 12.2 Å². The Morgan fingerprint density at radius 2 is 1.50 bits per heavy atom. The molecule has 0 bridgehead atoms. The normalized spacial score (nSPS) is 11.9. The SMILES string of the molecule is C=C=CCC(N)(CC=C=C)CCCN.Cl.Cl. The molecule has 0 unspecified atom stereocenters. The minimum atomic E-state index is -0.241. The lowest BCUT2D eigenvalue weighted by molar-refractivity contribution is 0.392. The first-order valence-electron chi connectivity index (χ1n) is 4.86. The summed E-state index contributed by atoms with van der Waals surface area (Å²) in [7, 11) is 0. The fraction of sp³-hybridized carbons (Fsp3) is 0.500. The quantitative estimate of drug-likeness (QED) is 0.695. The molecule has 16 heavy (non-hydrogen) atoms. The molecule has 0 fully saturated rings. The molecule has 0 heterocycles. The molecule has 0 aromatic heterocycles. The van der Waals surface area contributed by atoms with Crippen LogP contribution in [0.5, 0.6) is 0 Å². The fourth-order valence-corrected chi connectivity index (χ4v) is 1.29. The van der Waals surface area contributed by atoms with Gasteiger partial charge in [0.1, 0.15) is 0 Å². The predicted octanol–water partition coefficient (Wildman–Crippen LogP) is 2.73. The molecule has 0 aliphatic heterocycles. The summed E-state index contributed by atoms with van der Waals surface area (Å²) in [6.07, 6.45) is 7.12. The third-order valence-electron chi connectivity index (χ3n) is 2.18. The van der Waals surface area contributed by atoms with Crippen LogP contribution in [0.1, 0.15) is 25.7 Å². The van der Waals surface area contributed by atoms with Crippen molar-refractivity contribution in [1.82, 2.24) is 0 Å². The number of hydrogen-bond acceptors (Lipinski definition) is 2. The van der Waals surface area contributed by atoms with Crippen molar-refractivity contribution < 1.29 is 0 Å². The first-order chi connectivity index (χ1) is 6.68. The van der Waals surface area contributed by atoms with Crippen LogP contribution >= 0.6 is 24.8 Å². The monoisotopic (exact) mass is 264 g/mol. The molecule has 4 heteroatoms. The Morgan fingerprint density at radius 1 is 1.06 bits per heavy atom. The van der Waals surface area contributed by atoms with Crippen LogP contribution < -0.4 is 11.5 Å². The van der Waals surface area contributed by atoms with Crippen LogP contribution in [0, 0.1) is 0 Å². The third kappa shape index (κ3) is 10.1. The summed E-state index contributed by atoms with van der Waals surface area (Å²) >= 11 is 0. The van der Waals surface area contributed by atoms with Crippen LogP contribution in [-0.4, -0.2) is 12.1 Å². The second-order valence-electron chi connectivity index (χ2n) is 3.48. The molecule has 2 nitrogen and oxygen atoms in total. The van der Waals surface area contributed by atoms with E-state index in [1.165, 1.54) is 0 Å². The van der Waals surface area contributed by atoms with Crippen molar-refractivity contribution in [2.75, 3.05) is 6.54 Å². The minimum Gasteiger partial charge on any atom is -0.330 e. The zero-order valence-electron chi connectivity index (χ0n) is 9.58. The van der Waals surface area contributed by atoms with E-state index in [4.69, 9.17) is 11.5 Å². The van der Waals surface area contributed by atoms with E-state index in [0.29, 0.717) is 6.54 Å². The van der Waals surface area contributed by atoms with Gasteiger partial charge in [0, 0.05) is 5.54 Å². The van der Waals surface area contributed by atoms with E-state index in [1.54, 1.807) is 0 Å². The van der Waals surface area contributed by atoms with E-state index in [0.717, 1.165) is 25.7 Å². The summed E-state index contributed by atoms with van der Waals surface area (Å²) in [5, 5.41) is 0. The van der Waals surface area contributed by atoms with E-state index >= 15 is 0 Å². The van der Waals surface area contributed by atoms with Gasteiger partial charge in [-0.05, 0) is 44.4 Å². The Kier molecular flexibility index (Phi) is 16.5. The molecular weight excluding hydrogens is 243 g/mol. The Hall–Kier alpha value is -0.460. The lowest BCUT2D eigenvalue weighted by atomic mass is 9.87. The van der Waals surface area contributed by atoms with E-state index < -0.39 is 0 Å². The molecule has 94 valence electrons. The molecule has 0 aromatic carbocycles. The van der Waals surface area contributed by atoms with Gasteiger partial charge in [-0.3, -0.25) is 0 Å². The second-order valence-corrected chi connectivity index (χ2v) is 3.48. The molecule has 0 rings (SSSR count). The fourth-order valence-electron chi connectivity index (χ4n) is 1.29. The summed E-state index contributed by atoms with van der Waals surface area (Å²) in [6, 6.07) is 0. The smallest absolute Gasteiger partial charge is 0.0236 e. The highest BCUT2D eigenvalue weighted by Gasteiger charge is 2.20. The summed E-state index contributed by atoms with van der Waals surface area (Å²) in [4.78, 5) is 0. The lowest BCUT2D eigenvalue weighted by Crippen LogP contribution is -2.39. The molecule has 0 saturated carbocycles. The van der Waals surface area contributed by atoms with Gasteiger partial charge in [-0.25, -0.2) is 0 Å². The maximum absolute atomic E-state index is 6.20. The number of halogens is 2. The predicted molar refractivity (Wildman–Crippen MR) is 76.4 cm³/mol. The van der Waals surface area contributed by atoms with Gasteiger partial charge in [-0.1, -0.05) is 13.2 Å². The Morgan fingerprint density at radius 3 is 1.81 bits per heavy atom. The van der Waals surface area contributed by atoms with E-state index in [9.17, 15) is 0 Å². The average molecular weight is 265 g/mol.